The molecule has 0 radical (unpaired) electrons. The molecule has 1 unspecified atom stereocenters. The van der Waals surface area contributed by atoms with E-state index in [0.29, 0.717) is 5.56 Å². The second kappa shape index (κ2) is 9.63. The molecule has 4 atom stereocenters. The highest BCUT2D eigenvalue weighted by atomic mass is 32.2. The van der Waals surface area contributed by atoms with Crippen molar-refractivity contribution in [3.63, 3.8) is 0 Å². The van der Waals surface area contributed by atoms with Gasteiger partial charge in [0.1, 0.15) is 12.2 Å². The van der Waals surface area contributed by atoms with Crippen LogP contribution in [0.15, 0.2) is 27.3 Å². The van der Waals surface area contributed by atoms with Gasteiger partial charge in [0, 0.05) is 18.8 Å². The Bertz CT molecular complexity index is 1330. The Labute approximate surface area is 228 Å². The Morgan fingerprint density at radius 3 is 2.05 bits per heavy atom. The fraction of sp³-hybridized carbons (Fsp3) is 0.760. The molecule has 3 rings (SSSR count). The maximum absolute atomic E-state index is 13.3. The molecule has 0 N–H and O–H groups in total. The van der Waals surface area contributed by atoms with Crippen LogP contribution in [0.4, 0.5) is 0 Å². The molecule has 0 aliphatic carbocycles. The van der Waals surface area contributed by atoms with Crippen LogP contribution in [0.3, 0.4) is 0 Å². The molecule has 216 valence electrons. The van der Waals surface area contributed by atoms with Crippen LogP contribution in [-0.2, 0) is 34.9 Å². The van der Waals surface area contributed by atoms with Gasteiger partial charge in [0.15, 0.2) is 28.5 Å². The Morgan fingerprint density at radius 2 is 1.58 bits per heavy atom. The predicted octanol–water partition coefficient (Wildman–Crippen LogP) is 3.78. The summed E-state index contributed by atoms with van der Waals surface area (Å²) >= 11 is 0. The lowest BCUT2D eigenvalue weighted by Gasteiger charge is -2.43. The number of hydrogen-bond donors (Lipinski definition) is 0. The minimum absolute atomic E-state index is 0.0453. The van der Waals surface area contributed by atoms with Gasteiger partial charge in [-0.25, -0.2) is 4.79 Å². The summed E-state index contributed by atoms with van der Waals surface area (Å²) in [6.45, 7) is 22.5. The van der Waals surface area contributed by atoms with Crippen LogP contribution in [0.2, 0.25) is 36.3 Å². The number of nitrogens with zero attached hydrogens (tertiary/aromatic N) is 2. The lowest BCUT2D eigenvalue weighted by molar-refractivity contribution is -0.0551. The Balaban J connectivity index is 2.22. The molecule has 0 aromatic carbocycles. The minimum atomic E-state index is -4.03. The maximum atomic E-state index is 13.3. The zero-order valence-corrected chi connectivity index (χ0v) is 27.6. The molecule has 2 aliphatic rings. The van der Waals surface area contributed by atoms with E-state index in [0.717, 1.165) is 9.98 Å². The molecular formula is C25H44N2O8SSi2. The van der Waals surface area contributed by atoms with Crippen LogP contribution >= 0.6 is 0 Å². The van der Waals surface area contributed by atoms with Gasteiger partial charge in [0.05, 0.1) is 12.0 Å². The van der Waals surface area contributed by atoms with Crippen LogP contribution in [0.1, 0.15) is 53.3 Å². The van der Waals surface area contributed by atoms with Crippen molar-refractivity contribution in [2.24, 2.45) is 7.05 Å². The molecule has 2 aliphatic heterocycles. The first-order chi connectivity index (χ1) is 17.0. The average molecular weight is 589 g/mol. The first kappa shape index (κ1) is 31.2. The minimum Gasteiger partial charge on any atom is -0.414 e. The third-order valence-electron chi connectivity index (χ3n) is 8.65. The highest BCUT2D eigenvalue weighted by Crippen LogP contribution is 2.50. The lowest BCUT2D eigenvalue weighted by atomic mass is 9.92. The number of rotatable bonds is 6. The Hall–Kier alpha value is -1.36. The van der Waals surface area contributed by atoms with Crippen LogP contribution in [0.5, 0.6) is 0 Å². The molecule has 1 saturated heterocycles. The van der Waals surface area contributed by atoms with Gasteiger partial charge in [-0.2, -0.15) is 8.42 Å². The summed E-state index contributed by atoms with van der Waals surface area (Å²) in [5, 5.41) is 0.689. The van der Waals surface area contributed by atoms with E-state index in [-0.39, 0.29) is 16.7 Å². The normalized spacial score (nSPS) is 27.9. The van der Waals surface area contributed by atoms with Crippen molar-refractivity contribution in [2.45, 2.75) is 109 Å². The van der Waals surface area contributed by atoms with E-state index in [1.54, 1.807) is 6.92 Å². The highest BCUT2D eigenvalue weighted by molar-refractivity contribution is 7.90. The monoisotopic (exact) mass is 588 g/mol. The number of aromatic nitrogens is 2. The first-order valence-corrected chi connectivity index (χ1v) is 20.2. The van der Waals surface area contributed by atoms with Crippen LogP contribution < -0.4 is 11.2 Å². The second-order valence-electron chi connectivity index (χ2n) is 13.5. The number of ether oxygens (including phenoxy) is 1. The third kappa shape index (κ3) is 5.47. The molecule has 3 heterocycles. The molecule has 1 aromatic heterocycles. The molecule has 1 fully saturated rings. The summed E-state index contributed by atoms with van der Waals surface area (Å²) in [5.41, 5.74) is -2.23. The number of aryl methyl sites for hydroxylation is 1. The van der Waals surface area contributed by atoms with E-state index in [4.69, 9.17) is 17.8 Å². The van der Waals surface area contributed by atoms with E-state index < -0.39 is 62.0 Å². The van der Waals surface area contributed by atoms with Gasteiger partial charge < -0.3 is 13.6 Å². The van der Waals surface area contributed by atoms with Crippen molar-refractivity contribution in [3.8, 4) is 0 Å². The summed E-state index contributed by atoms with van der Waals surface area (Å²) in [6.07, 6.45) is -0.0448. The van der Waals surface area contributed by atoms with Crippen molar-refractivity contribution in [1.29, 1.82) is 0 Å². The van der Waals surface area contributed by atoms with Gasteiger partial charge in [-0.15, -0.1) is 0 Å². The van der Waals surface area contributed by atoms with Crippen molar-refractivity contribution in [2.75, 3.05) is 6.61 Å². The van der Waals surface area contributed by atoms with Gasteiger partial charge in [-0.1, -0.05) is 41.5 Å². The summed E-state index contributed by atoms with van der Waals surface area (Å²) in [6, 6.07) is 0. The average Bonchev–Trinajstić information content (AvgIpc) is 3.22. The largest absolute Gasteiger partial charge is 0.414 e. The fourth-order valence-electron chi connectivity index (χ4n) is 4.05. The predicted molar refractivity (Wildman–Crippen MR) is 152 cm³/mol. The van der Waals surface area contributed by atoms with Crippen molar-refractivity contribution in [1.82, 2.24) is 9.13 Å². The molecule has 1 aromatic rings. The van der Waals surface area contributed by atoms with E-state index in [1.807, 2.05) is 13.1 Å². The molecule has 10 nitrogen and oxygen atoms in total. The molecule has 1 spiro atoms. The third-order valence-corrected chi connectivity index (χ3v) is 18.6. The van der Waals surface area contributed by atoms with Crippen molar-refractivity contribution in [3.05, 3.63) is 44.1 Å². The summed E-state index contributed by atoms with van der Waals surface area (Å²) < 4.78 is 53.3. The summed E-state index contributed by atoms with van der Waals surface area (Å²) in [5.74, 6) is 0. The Kier molecular flexibility index (Phi) is 7.90. The van der Waals surface area contributed by atoms with E-state index in [1.165, 1.54) is 23.9 Å². The van der Waals surface area contributed by atoms with Gasteiger partial charge in [-0.05, 0) is 49.3 Å². The quantitative estimate of drug-likeness (QED) is 0.364. The molecule has 0 amide bonds. The Morgan fingerprint density at radius 1 is 1.03 bits per heavy atom. The molecule has 0 bridgehead atoms. The number of hydrogen-bond acceptors (Lipinski definition) is 8. The van der Waals surface area contributed by atoms with Crippen LogP contribution in [0.25, 0.3) is 0 Å². The van der Waals surface area contributed by atoms with Crippen LogP contribution in [0, 0.1) is 6.92 Å². The van der Waals surface area contributed by atoms with Crippen LogP contribution in [-0.4, -0.2) is 58.6 Å². The van der Waals surface area contributed by atoms with Gasteiger partial charge in [0.2, 0.25) is 0 Å². The second-order valence-corrected chi connectivity index (χ2v) is 24.5. The molecular weight excluding hydrogens is 545 g/mol. The molecule has 13 heteroatoms. The fourth-order valence-corrected chi connectivity index (χ4v) is 7.44. The van der Waals surface area contributed by atoms with Crippen molar-refractivity contribution < 1.29 is 26.2 Å². The summed E-state index contributed by atoms with van der Waals surface area (Å²) in [7, 11) is -7.46. The zero-order chi connectivity index (χ0) is 29.3. The topological polar surface area (TPSA) is 115 Å². The summed E-state index contributed by atoms with van der Waals surface area (Å²) in [4.78, 5) is 25.8. The zero-order valence-electron chi connectivity index (χ0n) is 24.7. The first-order valence-electron chi connectivity index (χ1n) is 12.9. The van der Waals surface area contributed by atoms with E-state index >= 15 is 0 Å². The maximum Gasteiger partial charge on any atom is 0.332 e. The molecule has 38 heavy (non-hydrogen) atoms. The van der Waals surface area contributed by atoms with E-state index in [9.17, 15) is 18.0 Å². The van der Waals surface area contributed by atoms with Gasteiger partial charge >= 0.3 is 5.69 Å². The SMILES string of the molecule is Cc1cn([C@@H]2O[C@H](CO[Si](C)(C)C(C)(C)C)C3(C=CS(=O)(=O)O3)[C@H]2O[Si](C)(C)C(C)(C)C)c(=O)n(C)c1=O. The van der Waals surface area contributed by atoms with Crippen molar-refractivity contribution >= 4 is 26.8 Å². The standard InChI is InChI=1S/C25H44N2O8SSi2/c1-17-15-27(22(29)26(8)20(17)28)21-19(34-38(11,12)24(5,6)7)25(13-14-36(30,31)35-25)18(33-21)16-32-37(9,10)23(2,3)4/h13-15,18-19,21H,16H2,1-12H3/t18-,19+,21-,25?/m1/s1. The molecule has 0 saturated carbocycles. The van der Waals surface area contributed by atoms with Gasteiger partial charge in [-0.3, -0.25) is 18.1 Å². The highest BCUT2D eigenvalue weighted by Gasteiger charge is 2.64. The van der Waals surface area contributed by atoms with Gasteiger partial charge in [0.25, 0.3) is 15.7 Å². The lowest BCUT2D eigenvalue weighted by Crippen LogP contribution is -2.56. The van der Waals surface area contributed by atoms with E-state index in [2.05, 4.69) is 54.6 Å². The smallest absolute Gasteiger partial charge is 0.332 e.